The molecule has 2 aromatic rings. The molecule has 0 aliphatic rings. The van der Waals surface area contributed by atoms with E-state index in [0.29, 0.717) is 32.1 Å². The van der Waals surface area contributed by atoms with Crippen LogP contribution in [0, 0.1) is 0 Å². The van der Waals surface area contributed by atoms with Gasteiger partial charge in [0.1, 0.15) is 6.61 Å². The number of benzene rings is 2. The second kappa shape index (κ2) is 7.93. The van der Waals surface area contributed by atoms with Gasteiger partial charge in [0.25, 0.3) is 0 Å². The van der Waals surface area contributed by atoms with Crippen LogP contribution in [0.4, 0.5) is 0 Å². The predicted octanol–water partition coefficient (Wildman–Crippen LogP) is 4.95. The third-order valence-electron chi connectivity index (χ3n) is 3.12. The molecule has 2 aromatic carbocycles. The van der Waals surface area contributed by atoms with Crippen LogP contribution in [0.2, 0.25) is 15.1 Å². The summed E-state index contributed by atoms with van der Waals surface area (Å²) in [5.41, 5.74) is 1.75. The number of rotatable bonds is 6. The number of hydrogen-bond donors (Lipinski definition) is 1. The van der Waals surface area contributed by atoms with Crippen LogP contribution in [-0.4, -0.2) is 14.2 Å². The summed E-state index contributed by atoms with van der Waals surface area (Å²) in [6, 6.07) is 9.10. The molecule has 1 N–H and O–H groups in total. The maximum absolute atomic E-state index is 6.17. The lowest BCUT2D eigenvalue weighted by atomic mass is 10.2. The van der Waals surface area contributed by atoms with Gasteiger partial charge in [0.2, 0.25) is 0 Å². The topological polar surface area (TPSA) is 30.5 Å². The minimum Gasteiger partial charge on any atom is -0.493 e. The first-order valence-electron chi connectivity index (χ1n) is 6.63. The summed E-state index contributed by atoms with van der Waals surface area (Å²) in [6.45, 7) is 0.961. The third-order valence-corrected chi connectivity index (χ3v) is 4.32. The maximum atomic E-state index is 6.17. The SMILES string of the molecule is CNCc1ccc(OCc2c(Cl)ccc(Cl)c2Cl)c(OC)c1. The van der Waals surface area contributed by atoms with Crippen molar-refractivity contribution in [2.75, 3.05) is 14.2 Å². The molecule has 0 aromatic heterocycles. The van der Waals surface area contributed by atoms with E-state index in [-0.39, 0.29) is 6.61 Å². The van der Waals surface area contributed by atoms with Gasteiger partial charge in [-0.05, 0) is 36.9 Å². The summed E-state index contributed by atoms with van der Waals surface area (Å²) in [6.07, 6.45) is 0. The van der Waals surface area contributed by atoms with E-state index in [1.54, 1.807) is 19.2 Å². The first-order chi connectivity index (χ1) is 10.6. The molecule has 0 amide bonds. The normalized spacial score (nSPS) is 10.6. The Kier molecular flexibility index (Phi) is 6.21. The lowest BCUT2D eigenvalue weighted by molar-refractivity contribution is 0.284. The van der Waals surface area contributed by atoms with Gasteiger partial charge in [0, 0.05) is 17.1 Å². The minimum atomic E-state index is 0.208. The van der Waals surface area contributed by atoms with Gasteiger partial charge in [-0.25, -0.2) is 0 Å². The molecule has 0 unspecified atom stereocenters. The van der Waals surface area contributed by atoms with Gasteiger partial charge in [-0.3, -0.25) is 0 Å². The number of nitrogens with one attached hydrogen (secondary N) is 1. The summed E-state index contributed by atoms with van der Waals surface area (Å²) in [5, 5.41) is 4.45. The third kappa shape index (κ3) is 3.99. The van der Waals surface area contributed by atoms with Gasteiger partial charge in [0.05, 0.1) is 17.2 Å². The van der Waals surface area contributed by atoms with E-state index in [0.717, 1.165) is 12.1 Å². The van der Waals surface area contributed by atoms with Crippen molar-refractivity contribution in [1.29, 1.82) is 0 Å². The quantitative estimate of drug-likeness (QED) is 0.739. The number of hydrogen-bond acceptors (Lipinski definition) is 3. The van der Waals surface area contributed by atoms with Crippen molar-refractivity contribution in [2.45, 2.75) is 13.2 Å². The lowest BCUT2D eigenvalue weighted by Crippen LogP contribution is -2.05. The zero-order valence-corrected chi connectivity index (χ0v) is 14.5. The molecule has 0 aliphatic carbocycles. The van der Waals surface area contributed by atoms with Gasteiger partial charge < -0.3 is 14.8 Å². The van der Waals surface area contributed by atoms with Crippen molar-refractivity contribution in [3.8, 4) is 11.5 Å². The van der Waals surface area contributed by atoms with Crippen LogP contribution in [0.3, 0.4) is 0 Å². The molecule has 0 radical (unpaired) electrons. The summed E-state index contributed by atoms with van der Waals surface area (Å²) < 4.78 is 11.2. The molecule has 118 valence electrons. The van der Waals surface area contributed by atoms with Crippen molar-refractivity contribution >= 4 is 34.8 Å². The number of halogens is 3. The predicted molar refractivity (Wildman–Crippen MR) is 91.6 cm³/mol. The van der Waals surface area contributed by atoms with Crippen molar-refractivity contribution in [1.82, 2.24) is 5.32 Å². The summed E-state index contributed by atoms with van der Waals surface area (Å²) >= 11 is 18.3. The fourth-order valence-corrected chi connectivity index (χ4v) is 2.65. The Balaban J connectivity index is 2.20. The number of methoxy groups -OCH3 is 1. The summed E-state index contributed by atoms with van der Waals surface area (Å²) in [5.74, 6) is 1.27. The van der Waals surface area contributed by atoms with Gasteiger partial charge >= 0.3 is 0 Å². The summed E-state index contributed by atoms with van der Waals surface area (Å²) in [7, 11) is 3.49. The van der Waals surface area contributed by atoms with Gasteiger partial charge in [-0.15, -0.1) is 0 Å². The monoisotopic (exact) mass is 359 g/mol. The van der Waals surface area contributed by atoms with Crippen LogP contribution in [-0.2, 0) is 13.2 Å². The van der Waals surface area contributed by atoms with E-state index in [9.17, 15) is 0 Å². The Bertz CT molecular complexity index is 662. The van der Waals surface area contributed by atoms with E-state index in [4.69, 9.17) is 44.3 Å². The molecular formula is C16H16Cl3NO2. The van der Waals surface area contributed by atoms with Crippen LogP contribution in [0.1, 0.15) is 11.1 Å². The standard InChI is InChI=1S/C16H16Cl3NO2/c1-20-8-10-3-6-14(15(7-10)21-2)22-9-11-12(17)4-5-13(18)16(11)19/h3-7,20H,8-9H2,1-2H3. The van der Waals surface area contributed by atoms with Crippen LogP contribution in [0.5, 0.6) is 11.5 Å². The molecule has 0 spiro atoms. The molecular weight excluding hydrogens is 345 g/mol. The average molecular weight is 361 g/mol. The Morgan fingerprint density at radius 1 is 1.00 bits per heavy atom. The zero-order chi connectivity index (χ0) is 16.1. The van der Waals surface area contributed by atoms with Crippen molar-refractivity contribution < 1.29 is 9.47 Å². The van der Waals surface area contributed by atoms with Crippen molar-refractivity contribution in [2.24, 2.45) is 0 Å². The van der Waals surface area contributed by atoms with Gasteiger partial charge in [-0.1, -0.05) is 40.9 Å². The summed E-state index contributed by atoms with van der Waals surface area (Å²) in [4.78, 5) is 0. The highest BCUT2D eigenvalue weighted by Gasteiger charge is 2.12. The molecule has 3 nitrogen and oxygen atoms in total. The van der Waals surface area contributed by atoms with E-state index in [1.165, 1.54) is 0 Å². The van der Waals surface area contributed by atoms with Crippen LogP contribution in [0.15, 0.2) is 30.3 Å². The van der Waals surface area contributed by atoms with E-state index < -0.39 is 0 Å². The molecule has 0 bridgehead atoms. The molecule has 22 heavy (non-hydrogen) atoms. The number of ether oxygens (including phenoxy) is 2. The van der Waals surface area contributed by atoms with Gasteiger partial charge in [-0.2, -0.15) is 0 Å². The highest BCUT2D eigenvalue weighted by molar-refractivity contribution is 6.44. The molecule has 0 aliphatic heterocycles. The Morgan fingerprint density at radius 3 is 2.41 bits per heavy atom. The zero-order valence-electron chi connectivity index (χ0n) is 12.3. The molecule has 6 heteroatoms. The van der Waals surface area contributed by atoms with Crippen LogP contribution in [0.25, 0.3) is 0 Å². The molecule has 0 atom stereocenters. The second-order valence-corrected chi connectivity index (χ2v) is 5.82. The van der Waals surface area contributed by atoms with E-state index >= 15 is 0 Å². The fourth-order valence-electron chi connectivity index (χ4n) is 2.00. The highest BCUT2D eigenvalue weighted by Crippen LogP contribution is 2.34. The molecule has 2 rings (SSSR count). The molecule has 0 saturated heterocycles. The highest BCUT2D eigenvalue weighted by atomic mass is 35.5. The molecule has 0 heterocycles. The first kappa shape index (κ1) is 17.2. The van der Waals surface area contributed by atoms with Crippen molar-refractivity contribution in [3.63, 3.8) is 0 Å². The van der Waals surface area contributed by atoms with E-state index in [2.05, 4.69) is 5.32 Å². The maximum Gasteiger partial charge on any atom is 0.161 e. The van der Waals surface area contributed by atoms with Crippen molar-refractivity contribution in [3.05, 3.63) is 56.5 Å². The smallest absolute Gasteiger partial charge is 0.161 e. The molecule has 0 fully saturated rings. The minimum absolute atomic E-state index is 0.208. The van der Waals surface area contributed by atoms with Crippen LogP contribution < -0.4 is 14.8 Å². The Hall–Kier alpha value is -1.13. The second-order valence-electron chi connectivity index (χ2n) is 4.63. The van der Waals surface area contributed by atoms with E-state index in [1.807, 2.05) is 25.2 Å². The average Bonchev–Trinajstić information content (AvgIpc) is 2.52. The Labute approximate surface area is 145 Å². The lowest BCUT2D eigenvalue weighted by Gasteiger charge is -2.14. The first-order valence-corrected chi connectivity index (χ1v) is 7.77. The Morgan fingerprint density at radius 2 is 1.73 bits per heavy atom. The molecule has 0 saturated carbocycles. The fraction of sp³-hybridized carbons (Fsp3) is 0.250. The largest absolute Gasteiger partial charge is 0.493 e. The van der Waals surface area contributed by atoms with Gasteiger partial charge in [0.15, 0.2) is 11.5 Å². The van der Waals surface area contributed by atoms with Crippen LogP contribution >= 0.6 is 34.8 Å².